The van der Waals surface area contributed by atoms with Gasteiger partial charge in [0.25, 0.3) is 0 Å². The predicted octanol–water partition coefficient (Wildman–Crippen LogP) is 4.48. The predicted molar refractivity (Wildman–Crippen MR) is 87.3 cm³/mol. The third kappa shape index (κ3) is 4.02. The summed E-state index contributed by atoms with van der Waals surface area (Å²) in [6, 6.07) is 13.5. The molecule has 1 heterocycles. The van der Waals surface area contributed by atoms with Gasteiger partial charge in [-0.2, -0.15) is 13.2 Å². The third-order valence-corrected chi connectivity index (χ3v) is 4.03. The van der Waals surface area contributed by atoms with Gasteiger partial charge >= 0.3 is 6.18 Å². The highest BCUT2D eigenvalue weighted by Crippen LogP contribution is 2.38. The van der Waals surface area contributed by atoms with E-state index in [1.54, 1.807) is 30.3 Å². The van der Waals surface area contributed by atoms with E-state index >= 15 is 0 Å². The average molecular weight is 351 g/mol. The SMILES string of the molecule is Fc1ccc(/C(=C(/N2CCOCC2)C(F)(F)F)c2ccccc2)cc1. The fourth-order valence-corrected chi connectivity index (χ4v) is 2.93. The standard InChI is InChI=1S/C19H17F4NO/c20-16-8-6-15(7-9-16)17(14-4-2-1-3-5-14)18(19(21,22)23)24-10-12-25-13-11-24/h1-9H,10-13H2/b18-17+. The Balaban J connectivity index is 2.24. The van der Waals surface area contributed by atoms with Crippen molar-refractivity contribution < 1.29 is 22.3 Å². The van der Waals surface area contributed by atoms with Crippen LogP contribution in [0.25, 0.3) is 5.57 Å². The monoisotopic (exact) mass is 351 g/mol. The van der Waals surface area contributed by atoms with E-state index in [2.05, 4.69) is 0 Å². The number of alkyl halides is 3. The Morgan fingerprint density at radius 2 is 1.40 bits per heavy atom. The number of morpholine rings is 1. The maximum Gasteiger partial charge on any atom is 0.431 e. The van der Waals surface area contributed by atoms with E-state index in [4.69, 9.17) is 4.74 Å². The Morgan fingerprint density at radius 3 is 1.96 bits per heavy atom. The molecule has 0 unspecified atom stereocenters. The maximum absolute atomic E-state index is 14.0. The van der Waals surface area contributed by atoms with Crippen molar-refractivity contribution in [3.8, 4) is 0 Å². The first-order valence-electron chi connectivity index (χ1n) is 7.92. The molecule has 2 nitrogen and oxygen atoms in total. The zero-order valence-corrected chi connectivity index (χ0v) is 13.4. The molecule has 0 aliphatic carbocycles. The summed E-state index contributed by atoms with van der Waals surface area (Å²) in [4.78, 5) is 1.30. The highest BCUT2D eigenvalue weighted by molar-refractivity contribution is 5.82. The molecule has 2 aromatic rings. The Bertz CT molecular complexity index is 732. The van der Waals surface area contributed by atoms with Crippen LogP contribution in [0.3, 0.4) is 0 Å². The van der Waals surface area contributed by atoms with Crippen LogP contribution in [0.15, 0.2) is 60.3 Å². The van der Waals surface area contributed by atoms with Crippen molar-refractivity contribution in [1.82, 2.24) is 4.90 Å². The van der Waals surface area contributed by atoms with Crippen molar-refractivity contribution in [2.75, 3.05) is 26.3 Å². The van der Waals surface area contributed by atoms with Gasteiger partial charge in [0.05, 0.1) is 13.2 Å². The molecule has 0 atom stereocenters. The summed E-state index contributed by atoms with van der Waals surface area (Å²) < 4.78 is 60.4. The summed E-state index contributed by atoms with van der Waals surface area (Å²) in [5, 5.41) is 0. The molecule has 1 aliphatic rings. The lowest BCUT2D eigenvalue weighted by molar-refractivity contribution is -0.117. The number of allylic oxidation sites excluding steroid dienone is 1. The van der Waals surface area contributed by atoms with Gasteiger partial charge in [-0.05, 0) is 23.3 Å². The van der Waals surface area contributed by atoms with Crippen molar-refractivity contribution in [3.05, 3.63) is 77.2 Å². The van der Waals surface area contributed by atoms with E-state index in [0.717, 1.165) is 0 Å². The molecule has 132 valence electrons. The minimum atomic E-state index is -4.54. The van der Waals surface area contributed by atoms with Gasteiger partial charge in [0, 0.05) is 18.7 Å². The van der Waals surface area contributed by atoms with Crippen LogP contribution in [0.2, 0.25) is 0 Å². The lowest BCUT2D eigenvalue weighted by Crippen LogP contribution is -2.41. The molecule has 1 aliphatic heterocycles. The first-order chi connectivity index (χ1) is 12.0. The number of nitrogens with zero attached hydrogens (tertiary/aromatic N) is 1. The topological polar surface area (TPSA) is 12.5 Å². The minimum absolute atomic E-state index is 0.0509. The smallest absolute Gasteiger partial charge is 0.378 e. The molecule has 0 aromatic heterocycles. The summed E-state index contributed by atoms with van der Waals surface area (Å²) >= 11 is 0. The average Bonchev–Trinajstić information content (AvgIpc) is 2.61. The van der Waals surface area contributed by atoms with Crippen LogP contribution >= 0.6 is 0 Å². The Kier molecular flexibility index (Phi) is 5.08. The highest BCUT2D eigenvalue weighted by atomic mass is 19.4. The summed E-state index contributed by atoms with van der Waals surface area (Å²) in [5.74, 6) is -0.490. The zero-order valence-electron chi connectivity index (χ0n) is 13.4. The highest BCUT2D eigenvalue weighted by Gasteiger charge is 2.41. The molecular weight excluding hydrogens is 334 g/mol. The Hall–Kier alpha value is -2.34. The number of hydrogen-bond acceptors (Lipinski definition) is 2. The van der Waals surface area contributed by atoms with Crippen LogP contribution in [0.1, 0.15) is 11.1 Å². The second-order valence-electron chi connectivity index (χ2n) is 5.69. The van der Waals surface area contributed by atoms with E-state index < -0.39 is 17.7 Å². The third-order valence-electron chi connectivity index (χ3n) is 4.03. The van der Waals surface area contributed by atoms with Crippen LogP contribution in [0.4, 0.5) is 17.6 Å². The molecule has 0 N–H and O–H groups in total. The van der Waals surface area contributed by atoms with Crippen molar-refractivity contribution in [2.45, 2.75) is 6.18 Å². The number of ether oxygens (including phenoxy) is 1. The van der Waals surface area contributed by atoms with E-state index in [9.17, 15) is 17.6 Å². The number of benzene rings is 2. The summed E-state index contributed by atoms with van der Waals surface area (Å²) in [5.41, 5.74) is 0.1000. The number of rotatable bonds is 3. The second kappa shape index (κ2) is 7.27. The normalized spacial score (nSPS) is 16.6. The first-order valence-corrected chi connectivity index (χ1v) is 7.92. The van der Waals surface area contributed by atoms with Crippen LogP contribution in [-0.4, -0.2) is 37.4 Å². The largest absolute Gasteiger partial charge is 0.431 e. The van der Waals surface area contributed by atoms with Crippen LogP contribution in [-0.2, 0) is 4.74 Å². The summed E-state index contributed by atoms with van der Waals surface area (Å²) in [7, 11) is 0. The van der Waals surface area contributed by atoms with Gasteiger partial charge in [-0.3, -0.25) is 0 Å². The van der Waals surface area contributed by atoms with E-state index in [0.29, 0.717) is 11.1 Å². The van der Waals surface area contributed by atoms with E-state index in [1.165, 1.54) is 29.2 Å². The van der Waals surface area contributed by atoms with Gasteiger partial charge in [0.2, 0.25) is 0 Å². The molecule has 3 rings (SSSR count). The van der Waals surface area contributed by atoms with E-state index in [1.807, 2.05) is 0 Å². The Morgan fingerprint density at radius 1 is 0.840 bits per heavy atom. The first kappa shape index (κ1) is 17.5. The summed E-state index contributed by atoms with van der Waals surface area (Å²) in [6.07, 6.45) is -4.54. The van der Waals surface area contributed by atoms with Gasteiger partial charge in [0.15, 0.2) is 0 Å². The minimum Gasteiger partial charge on any atom is -0.378 e. The lowest BCUT2D eigenvalue weighted by Gasteiger charge is -2.34. The van der Waals surface area contributed by atoms with Crippen molar-refractivity contribution in [1.29, 1.82) is 0 Å². The molecule has 1 saturated heterocycles. The number of hydrogen-bond donors (Lipinski definition) is 0. The second-order valence-corrected chi connectivity index (χ2v) is 5.69. The van der Waals surface area contributed by atoms with Gasteiger partial charge in [-0.1, -0.05) is 42.5 Å². The quantitative estimate of drug-likeness (QED) is 0.756. The van der Waals surface area contributed by atoms with Gasteiger partial charge in [-0.15, -0.1) is 0 Å². The van der Waals surface area contributed by atoms with Gasteiger partial charge in [0.1, 0.15) is 11.5 Å². The van der Waals surface area contributed by atoms with Gasteiger partial charge < -0.3 is 9.64 Å². The molecule has 0 bridgehead atoms. The molecular formula is C19H17F4NO. The molecule has 0 spiro atoms. The van der Waals surface area contributed by atoms with Crippen LogP contribution < -0.4 is 0 Å². The molecule has 0 radical (unpaired) electrons. The van der Waals surface area contributed by atoms with Crippen molar-refractivity contribution in [2.24, 2.45) is 0 Å². The van der Waals surface area contributed by atoms with Gasteiger partial charge in [-0.25, -0.2) is 4.39 Å². The van der Waals surface area contributed by atoms with E-state index in [-0.39, 0.29) is 31.9 Å². The lowest BCUT2D eigenvalue weighted by atomic mass is 9.94. The maximum atomic E-state index is 14.0. The molecule has 6 heteroatoms. The summed E-state index contributed by atoms with van der Waals surface area (Å²) in [6.45, 7) is 0.800. The van der Waals surface area contributed by atoms with Crippen molar-refractivity contribution in [3.63, 3.8) is 0 Å². The molecule has 0 amide bonds. The fraction of sp³-hybridized carbons (Fsp3) is 0.263. The fourth-order valence-electron chi connectivity index (χ4n) is 2.93. The zero-order chi connectivity index (χ0) is 17.9. The molecule has 1 fully saturated rings. The molecule has 25 heavy (non-hydrogen) atoms. The van der Waals surface area contributed by atoms with Crippen LogP contribution in [0.5, 0.6) is 0 Å². The molecule has 2 aromatic carbocycles. The molecule has 0 saturated carbocycles. The number of halogens is 4. The van der Waals surface area contributed by atoms with Crippen molar-refractivity contribution >= 4 is 5.57 Å². The van der Waals surface area contributed by atoms with Crippen LogP contribution in [0, 0.1) is 5.82 Å². The Labute approximate surface area is 143 Å².